The summed E-state index contributed by atoms with van der Waals surface area (Å²) in [4.78, 5) is 3.96. The van der Waals surface area contributed by atoms with Gasteiger partial charge in [0.05, 0.1) is 11.8 Å². The zero-order valence-electron chi connectivity index (χ0n) is 14.8. The Balaban J connectivity index is 1.43. The third-order valence-electron chi connectivity index (χ3n) is 3.99. The first-order valence-electron chi connectivity index (χ1n) is 8.58. The lowest BCUT2D eigenvalue weighted by Gasteiger charge is -2.12. The van der Waals surface area contributed by atoms with Crippen LogP contribution in [0.3, 0.4) is 0 Å². The molecule has 9 heteroatoms. The molecular formula is C19H19F3N4O2. The molecule has 0 amide bonds. The van der Waals surface area contributed by atoms with Gasteiger partial charge >= 0.3 is 6.18 Å². The first-order chi connectivity index (χ1) is 13.4. The number of alkyl halides is 3. The van der Waals surface area contributed by atoms with E-state index in [1.807, 2.05) is 0 Å². The number of benzene rings is 1. The van der Waals surface area contributed by atoms with Crippen molar-refractivity contribution in [2.45, 2.75) is 12.3 Å². The number of halogens is 3. The molecule has 0 aliphatic rings. The van der Waals surface area contributed by atoms with Crippen LogP contribution in [0.15, 0.2) is 54.9 Å². The summed E-state index contributed by atoms with van der Waals surface area (Å²) in [6.45, 7) is 1.27. The van der Waals surface area contributed by atoms with Crippen LogP contribution in [0.25, 0.3) is 11.3 Å². The van der Waals surface area contributed by atoms with Crippen LogP contribution in [0.4, 0.5) is 13.2 Å². The topological polar surface area (TPSA) is 83.1 Å². The van der Waals surface area contributed by atoms with Crippen LogP contribution in [-0.4, -0.2) is 40.0 Å². The summed E-state index contributed by atoms with van der Waals surface area (Å²) < 4.78 is 43.4. The van der Waals surface area contributed by atoms with Gasteiger partial charge in [-0.2, -0.15) is 18.3 Å². The molecule has 0 aliphatic heterocycles. The van der Waals surface area contributed by atoms with E-state index >= 15 is 0 Å². The molecule has 0 radical (unpaired) electrons. The summed E-state index contributed by atoms with van der Waals surface area (Å²) in [5.41, 5.74) is 0.638. The molecule has 2 aromatic heterocycles. The van der Waals surface area contributed by atoms with Gasteiger partial charge in [0.15, 0.2) is 5.69 Å². The fourth-order valence-corrected chi connectivity index (χ4v) is 2.52. The van der Waals surface area contributed by atoms with Gasteiger partial charge in [-0.3, -0.25) is 10.1 Å². The van der Waals surface area contributed by atoms with Crippen LogP contribution in [0.2, 0.25) is 0 Å². The van der Waals surface area contributed by atoms with Crippen LogP contribution in [0.1, 0.15) is 17.4 Å². The monoisotopic (exact) mass is 392 g/mol. The lowest BCUT2D eigenvalue weighted by atomic mass is 10.1. The van der Waals surface area contributed by atoms with Crippen molar-refractivity contribution in [3.63, 3.8) is 0 Å². The van der Waals surface area contributed by atoms with E-state index in [1.165, 1.54) is 0 Å². The largest absolute Gasteiger partial charge is 0.492 e. The van der Waals surface area contributed by atoms with Gasteiger partial charge < -0.3 is 15.2 Å². The number of hydrogen-bond acceptors (Lipinski definition) is 5. The van der Waals surface area contributed by atoms with Crippen molar-refractivity contribution in [3.05, 3.63) is 66.1 Å². The number of nitrogens with one attached hydrogen (secondary N) is 2. The highest BCUT2D eigenvalue weighted by atomic mass is 19.4. The van der Waals surface area contributed by atoms with Crippen LogP contribution in [0.5, 0.6) is 5.75 Å². The van der Waals surface area contributed by atoms with Crippen molar-refractivity contribution in [2.75, 3.05) is 19.7 Å². The third-order valence-corrected chi connectivity index (χ3v) is 3.99. The van der Waals surface area contributed by atoms with Crippen LogP contribution >= 0.6 is 0 Å². The highest BCUT2D eigenvalue weighted by molar-refractivity contribution is 5.60. The van der Waals surface area contributed by atoms with Crippen molar-refractivity contribution < 1.29 is 23.0 Å². The molecule has 0 aliphatic carbocycles. The molecule has 3 aromatic rings. The summed E-state index contributed by atoms with van der Waals surface area (Å²) in [7, 11) is 0. The number of aliphatic hydroxyl groups excluding tert-OH is 1. The van der Waals surface area contributed by atoms with E-state index in [2.05, 4.69) is 20.5 Å². The Hall–Kier alpha value is -2.91. The van der Waals surface area contributed by atoms with Crippen molar-refractivity contribution in [1.29, 1.82) is 0 Å². The third kappa shape index (κ3) is 5.30. The molecule has 2 heterocycles. The summed E-state index contributed by atoms with van der Waals surface area (Å²) in [6.07, 6.45) is -1.87. The fourth-order valence-electron chi connectivity index (χ4n) is 2.52. The molecule has 1 atom stereocenters. The van der Waals surface area contributed by atoms with Crippen molar-refractivity contribution >= 4 is 0 Å². The second kappa shape index (κ2) is 8.85. The first kappa shape index (κ1) is 19.8. The van der Waals surface area contributed by atoms with Crippen molar-refractivity contribution in [2.24, 2.45) is 0 Å². The molecule has 148 valence electrons. The SMILES string of the molecule is O[C@@H](CNCCOc1ccc(-c2cc(C(F)(F)F)n[nH]2)cc1)c1cccnc1. The molecule has 3 rings (SSSR count). The van der Waals surface area contributed by atoms with E-state index in [-0.39, 0.29) is 5.69 Å². The van der Waals surface area contributed by atoms with Gasteiger partial charge in [-0.1, -0.05) is 6.07 Å². The van der Waals surface area contributed by atoms with Crippen LogP contribution < -0.4 is 10.1 Å². The van der Waals surface area contributed by atoms with Gasteiger partial charge in [0.1, 0.15) is 12.4 Å². The molecule has 0 unspecified atom stereocenters. The highest BCUT2D eigenvalue weighted by Crippen LogP contribution is 2.30. The first-order valence-corrected chi connectivity index (χ1v) is 8.58. The van der Waals surface area contributed by atoms with Crippen LogP contribution in [0, 0.1) is 0 Å². The number of aliphatic hydroxyl groups is 1. The van der Waals surface area contributed by atoms with E-state index in [0.717, 1.165) is 11.6 Å². The summed E-state index contributed by atoms with van der Waals surface area (Å²) in [5.74, 6) is 0.592. The van der Waals surface area contributed by atoms with Gasteiger partial charge in [-0.05, 0) is 42.0 Å². The number of hydrogen-bond donors (Lipinski definition) is 3. The Kier molecular flexibility index (Phi) is 6.27. The molecule has 0 fully saturated rings. The van der Waals surface area contributed by atoms with Gasteiger partial charge in [0, 0.05) is 31.0 Å². The van der Waals surface area contributed by atoms with Crippen molar-refractivity contribution in [1.82, 2.24) is 20.5 Å². The average Bonchev–Trinajstić information content (AvgIpc) is 3.19. The van der Waals surface area contributed by atoms with E-state index < -0.39 is 18.0 Å². The fraction of sp³-hybridized carbons (Fsp3) is 0.263. The maximum atomic E-state index is 12.6. The van der Waals surface area contributed by atoms with Gasteiger partial charge in [0.2, 0.25) is 0 Å². The predicted molar refractivity (Wildman–Crippen MR) is 96.6 cm³/mol. The molecule has 0 saturated heterocycles. The molecule has 6 nitrogen and oxygen atoms in total. The minimum atomic E-state index is -4.48. The number of rotatable bonds is 8. The number of pyridine rings is 1. The van der Waals surface area contributed by atoms with E-state index in [4.69, 9.17) is 4.74 Å². The van der Waals surface area contributed by atoms with Gasteiger partial charge in [-0.15, -0.1) is 0 Å². The molecule has 0 spiro atoms. The summed E-state index contributed by atoms with van der Waals surface area (Å²) >= 11 is 0. The van der Waals surface area contributed by atoms with Gasteiger partial charge in [0.25, 0.3) is 0 Å². The molecular weight excluding hydrogens is 373 g/mol. The number of ether oxygens (including phenoxy) is 1. The minimum Gasteiger partial charge on any atom is -0.492 e. The standard InChI is InChI=1S/C19H19F3N4O2/c20-19(21,22)18-10-16(25-26-18)13-3-5-15(6-4-13)28-9-8-24-12-17(27)14-2-1-7-23-11-14/h1-7,10-11,17,24,27H,8-9,12H2,(H,25,26)/t17-/m0/s1. The average molecular weight is 392 g/mol. The highest BCUT2D eigenvalue weighted by Gasteiger charge is 2.33. The maximum Gasteiger partial charge on any atom is 0.435 e. The van der Waals surface area contributed by atoms with Gasteiger partial charge in [-0.25, -0.2) is 0 Å². The van der Waals surface area contributed by atoms with Crippen molar-refractivity contribution in [3.8, 4) is 17.0 Å². The van der Waals surface area contributed by atoms with Crippen LogP contribution in [-0.2, 0) is 6.18 Å². The zero-order chi connectivity index (χ0) is 20.0. The minimum absolute atomic E-state index is 0.282. The molecule has 1 aromatic carbocycles. The Bertz CT molecular complexity index is 867. The maximum absolute atomic E-state index is 12.6. The smallest absolute Gasteiger partial charge is 0.435 e. The Labute approximate surface area is 159 Å². The lowest BCUT2D eigenvalue weighted by Crippen LogP contribution is -2.26. The molecule has 28 heavy (non-hydrogen) atoms. The van der Waals surface area contributed by atoms with E-state index in [0.29, 0.717) is 31.0 Å². The summed E-state index contributed by atoms with van der Waals surface area (Å²) in [6, 6.07) is 11.2. The quantitative estimate of drug-likeness (QED) is 0.513. The summed E-state index contributed by atoms with van der Waals surface area (Å²) in [5, 5.41) is 18.8. The lowest BCUT2D eigenvalue weighted by molar-refractivity contribution is -0.141. The van der Waals surface area contributed by atoms with E-state index in [9.17, 15) is 18.3 Å². The molecule has 3 N–H and O–H groups in total. The normalized spacial score (nSPS) is 12.7. The Morgan fingerprint density at radius 2 is 1.96 bits per heavy atom. The van der Waals surface area contributed by atoms with E-state index in [1.54, 1.807) is 48.8 Å². The zero-order valence-corrected chi connectivity index (χ0v) is 14.8. The predicted octanol–water partition coefficient (Wildman–Crippen LogP) is 3.19. The Morgan fingerprint density at radius 3 is 2.61 bits per heavy atom. The number of H-pyrrole nitrogens is 1. The molecule has 0 saturated carbocycles. The number of nitrogens with zero attached hydrogens (tertiary/aromatic N) is 2. The second-order valence-electron chi connectivity index (χ2n) is 6.04. The molecule has 0 bridgehead atoms. The second-order valence-corrected chi connectivity index (χ2v) is 6.04. The Morgan fingerprint density at radius 1 is 1.18 bits per heavy atom. The number of aromatic amines is 1. The number of aromatic nitrogens is 3.